The van der Waals surface area contributed by atoms with E-state index in [1.807, 2.05) is 65.0 Å². The molecule has 0 aliphatic carbocycles. The van der Waals surface area contributed by atoms with Gasteiger partial charge in [-0.05, 0) is 87.2 Å². The number of nitrogens with one attached hydrogen (secondary N) is 2. The Hall–Kier alpha value is -3.32. The molecule has 0 aliphatic rings. The molecule has 0 radical (unpaired) electrons. The number of hydrogen-bond donors (Lipinski definition) is 2. The molecule has 0 saturated heterocycles. The van der Waals surface area contributed by atoms with Crippen LogP contribution in [0.3, 0.4) is 0 Å². The van der Waals surface area contributed by atoms with E-state index in [-0.39, 0.29) is 10.8 Å². The molecular weight excluding hydrogens is 436 g/mol. The lowest BCUT2D eigenvalue weighted by Crippen LogP contribution is -2.32. The van der Waals surface area contributed by atoms with Gasteiger partial charge in [-0.15, -0.1) is 0 Å². The van der Waals surface area contributed by atoms with Crippen molar-refractivity contribution in [3.8, 4) is 5.75 Å². The minimum absolute atomic E-state index is 0.110. The van der Waals surface area contributed by atoms with E-state index >= 15 is 0 Å². The average molecular weight is 467 g/mol. The minimum Gasteiger partial charge on any atom is -0.480 e. The first kappa shape index (κ1) is 24.3. The lowest BCUT2D eigenvalue weighted by Gasteiger charge is -2.19. The summed E-state index contributed by atoms with van der Waals surface area (Å²) >= 11 is 0. The van der Waals surface area contributed by atoms with Gasteiger partial charge in [0.15, 0.2) is 6.10 Å². The summed E-state index contributed by atoms with van der Waals surface area (Å²) in [5.41, 5.74) is 5.02. The molecule has 1 amide bonds. The molecule has 3 rings (SSSR count). The predicted molar refractivity (Wildman–Crippen MR) is 132 cm³/mol. The van der Waals surface area contributed by atoms with Crippen molar-refractivity contribution in [2.75, 3.05) is 10.0 Å². The summed E-state index contributed by atoms with van der Waals surface area (Å²) < 4.78 is 34.1. The van der Waals surface area contributed by atoms with Crippen LogP contribution in [0.1, 0.15) is 35.6 Å². The van der Waals surface area contributed by atoms with Gasteiger partial charge in [-0.25, -0.2) is 8.42 Å². The van der Waals surface area contributed by atoms with Crippen molar-refractivity contribution in [1.29, 1.82) is 0 Å². The van der Waals surface area contributed by atoms with Gasteiger partial charge in [0, 0.05) is 5.69 Å². The van der Waals surface area contributed by atoms with Crippen LogP contribution in [0.15, 0.2) is 65.6 Å². The summed E-state index contributed by atoms with van der Waals surface area (Å²) in [7, 11) is -3.75. The number of benzene rings is 3. The van der Waals surface area contributed by atoms with E-state index in [2.05, 4.69) is 10.0 Å². The van der Waals surface area contributed by atoms with Crippen LogP contribution in [-0.4, -0.2) is 20.4 Å². The maximum atomic E-state index is 12.8. The Morgan fingerprint density at radius 1 is 0.939 bits per heavy atom. The fourth-order valence-electron chi connectivity index (χ4n) is 3.40. The Kier molecular flexibility index (Phi) is 7.43. The molecule has 0 aliphatic heterocycles. The van der Waals surface area contributed by atoms with Gasteiger partial charge in [0.05, 0.1) is 10.6 Å². The number of hydrogen-bond acceptors (Lipinski definition) is 4. The fraction of sp³-hybridized carbons (Fsp3) is 0.269. The van der Waals surface area contributed by atoms with Crippen LogP contribution in [0, 0.1) is 27.7 Å². The number of sulfonamides is 1. The van der Waals surface area contributed by atoms with Gasteiger partial charge in [0.25, 0.3) is 15.9 Å². The predicted octanol–water partition coefficient (Wildman–Crippen LogP) is 5.52. The summed E-state index contributed by atoms with van der Waals surface area (Å²) in [6.07, 6.45) is -0.175. The van der Waals surface area contributed by atoms with E-state index < -0.39 is 16.1 Å². The number of rotatable bonds is 8. The van der Waals surface area contributed by atoms with Crippen molar-refractivity contribution >= 4 is 27.3 Å². The normalized spacial score (nSPS) is 12.2. The molecular formula is C26H30N2O4S. The number of carbonyl (C=O) groups is 1. The third kappa shape index (κ3) is 5.93. The van der Waals surface area contributed by atoms with Gasteiger partial charge < -0.3 is 10.1 Å². The Morgan fingerprint density at radius 3 is 2.27 bits per heavy atom. The van der Waals surface area contributed by atoms with Gasteiger partial charge in [-0.1, -0.05) is 36.8 Å². The Bertz CT molecular complexity index is 1250. The molecule has 0 aromatic heterocycles. The summed E-state index contributed by atoms with van der Waals surface area (Å²) in [5, 5.41) is 2.81. The van der Waals surface area contributed by atoms with Crippen molar-refractivity contribution in [1.82, 2.24) is 0 Å². The zero-order chi connectivity index (χ0) is 24.2. The quantitative estimate of drug-likeness (QED) is 0.458. The van der Waals surface area contributed by atoms with Gasteiger partial charge >= 0.3 is 0 Å². The van der Waals surface area contributed by atoms with Crippen molar-refractivity contribution in [2.24, 2.45) is 0 Å². The number of ether oxygens (including phenoxy) is 1. The van der Waals surface area contributed by atoms with Crippen molar-refractivity contribution in [3.63, 3.8) is 0 Å². The summed E-state index contributed by atoms with van der Waals surface area (Å²) in [5.74, 6) is 0.387. The molecule has 2 N–H and O–H groups in total. The lowest BCUT2D eigenvalue weighted by atomic mass is 10.1. The molecule has 33 heavy (non-hydrogen) atoms. The molecule has 7 heteroatoms. The first-order chi connectivity index (χ1) is 15.6. The molecule has 1 atom stereocenters. The number of amides is 1. The second-order valence-electron chi connectivity index (χ2n) is 8.15. The lowest BCUT2D eigenvalue weighted by molar-refractivity contribution is -0.122. The highest BCUT2D eigenvalue weighted by Gasteiger charge is 2.20. The Balaban J connectivity index is 1.70. The summed E-state index contributed by atoms with van der Waals surface area (Å²) in [6, 6.07) is 17.3. The first-order valence-corrected chi connectivity index (χ1v) is 12.3. The van der Waals surface area contributed by atoms with Gasteiger partial charge in [0.1, 0.15) is 5.75 Å². The highest BCUT2D eigenvalue weighted by Crippen LogP contribution is 2.24. The second-order valence-corrected chi connectivity index (χ2v) is 9.83. The molecule has 3 aromatic rings. The third-order valence-electron chi connectivity index (χ3n) is 5.55. The number of carbonyl (C=O) groups excluding carboxylic acids is 1. The standard InChI is InChI=1S/C26H30N2O4S/c1-6-24(32-25-9-7-8-18(3)20(25)5)26(29)27-21-11-13-22(14-12-21)33(30,31)28-23-15-10-17(2)16-19(23)4/h7-16,24,28H,6H2,1-5H3,(H,27,29)/t24-/m1/s1. The number of aryl methyl sites for hydroxylation is 3. The molecule has 0 heterocycles. The second kappa shape index (κ2) is 10.1. The number of anilines is 2. The van der Waals surface area contributed by atoms with Crippen molar-refractivity contribution in [3.05, 3.63) is 82.9 Å². The Morgan fingerprint density at radius 2 is 1.64 bits per heavy atom. The van der Waals surface area contributed by atoms with Gasteiger partial charge in [-0.3, -0.25) is 9.52 Å². The van der Waals surface area contributed by atoms with Crippen molar-refractivity contribution in [2.45, 2.75) is 52.0 Å². The topological polar surface area (TPSA) is 84.5 Å². The average Bonchev–Trinajstić information content (AvgIpc) is 2.77. The molecule has 3 aromatic carbocycles. The molecule has 0 saturated carbocycles. The van der Waals surface area contributed by atoms with E-state index in [0.717, 1.165) is 22.3 Å². The first-order valence-electron chi connectivity index (χ1n) is 10.8. The van der Waals surface area contributed by atoms with Gasteiger partial charge in [-0.2, -0.15) is 0 Å². The molecule has 0 bridgehead atoms. The summed E-state index contributed by atoms with van der Waals surface area (Å²) in [4.78, 5) is 12.9. The van der Waals surface area contributed by atoms with Gasteiger partial charge in [0.2, 0.25) is 0 Å². The van der Waals surface area contributed by atoms with E-state index in [1.54, 1.807) is 18.2 Å². The van der Waals surface area contributed by atoms with Crippen LogP contribution in [0.4, 0.5) is 11.4 Å². The molecule has 0 spiro atoms. The SMILES string of the molecule is CC[C@@H](Oc1cccc(C)c1C)C(=O)Nc1ccc(S(=O)(=O)Nc2ccc(C)cc2C)cc1. The maximum Gasteiger partial charge on any atom is 0.265 e. The van der Waals surface area contributed by atoms with Crippen LogP contribution < -0.4 is 14.8 Å². The summed E-state index contributed by atoms with van der Waals surface area (Å²) in [6.45, 7) is 9.64. The minimum atomic E-state index is -3.75. The highest BCUT2D eigenvalue weighted by molar-refractivity contribution is 7.92. The van der Waals surface area contributed by atoms with Crippen LogP contribution in [0.2, 0.25) is 0 Å². The van der Waals surface area contributed by atoms with E-state index in [0.29, 0.717) is 23.5 Å². The van der Waals surface area contributed by atoms with Crippen LogP contribution >= 0.6 is 0 Å². The van der Waals surface area contributed by atoms with Crippen molar-refractivity contribution < 1.29 is 17.9 Å². The van der Waals surface area contributed by atoms with E-state index in [4.69, 9.17) is 4.74 Å². The van der Waals surface area contributed by atoms with Crippen LogP contribution in [-0.2, 0) is 14.8 Å². The zero-order valence-electron chi connectivity index (χ0n) is 19.6. The molecule has 174 valence electrons. The molecule has 0 fully saturated rings. The molecule has 6 nitrogen and oxygen atoms in total. The van der Waals surface area contributed by atoms with Crippen LogP contribution in [0.25, 0.3) is 0 Å². The zero-order valence-corrected chi connectivity index (χ0v) is 20.4. The van der Waals surface area contributed by atoms with E-state index in [9.17, 15) is 13.2 Å². The molecule has 0 unspecified atom stereocenters. The smallest absolute Gasteiger partial charge is 0.265 e. The Labute approximate surface area is 196 Å². The third-order valence-corrected chi connectivity index (χ3v) is 6.93. The maximum absolute atomic E-state index is 12.8. The highest BCUT2D eigenvalue weighted by atomic mass is 32.2. The van der Waals surface area contributed by atoms with E-state index in [1.165, 1.54) is 12.1 Å². The largest absolute Gasteiger partial charge is 0.480 e. The monoisotopic (exact) mass is 466 g/mol. The fourth-order valence-corrected chi connectivity index (χ4v) is 4.53. The van der Waals surface area contributed by atoms with Crippen LogP contribution in [0.5, 0.6) is 5.75 Å².